The largest absolute Gasteiger partial charge is 0.493 e. The van der Waals surface area contributed by atoms with E-state index < -0.39 is 5.97 Å². The number of fused-ring (bicyclic) bond motifs is 3. The molecule has 0 atom stereocenters. The second-order valence-electron chi connectivity index (χ2n) is 7.85. The molecule has 0 aliphatic heterocycles. The number of benzene rings is 3. The zero-order chi connectivity index (χ0) is 24.7. The number of carbonyl (C=O) groups is 1. The summed E-state index contributed by atoms with van der Waals surface area (Å²) in [6, 6.07) is 15.3. The molecule has 0 radical (unpaired) electrons. The summed E-state index contributed by atoms with van der Waals surface area (Å²) in [4.78, 5) is 25.2. The van der Waals surface area contributed by atoms with Gasteiger partial charge < -0.3 is 23.4 Å². The number of halogens is 1. The minimum absolute atomic E-state index is 0.261. The van der Waals surface area contributed by atoms with Gasteiger partial charge in [-0.05, 0) is 54.1 Å². The average Bonchev–Trinajstić information content (AvgIpc) is 3.22. The molecule has 7 nitrogen and oxygen atoms in total. The van der Waals surface area contributed by atoms with Crippen LogP contribution in [-0.2, 0) is 11.2 Å². The first-order valence-corrected chi connectivity index (χ1v) is 11.0. The van der Waals surface area contributed by atoms with Crippen LogP contribution in [0.1, 0.15) is 5.56 Å². The molecule has 3 aromatic carbocycles. The molecule has 2 heterocycles. The molecule has 0 bridgehead atoms. The van der Waals surface area contributed by atoms with Crippen molar-refractivity contribution in [3.8, 4) is 33.9 Å². The summed E-state index contributed by atoms with van der Waals surface area (Å²) in [5.74, 6) is 0.364. The Morgan fingerprint density at radius 3 is 2.37 bits per heavy atom. The zero-order valence-electron chi connectivity index (χ0n) is 18.8. The average molecular weight is 491 g/mol. The summed E-state index contributed by atoms with van der Waals surface area (Å²) in [5.41, 5.74) is 2.42. The maximum absolute atomic E-state index is 13.5. The molecule has 0 spiro atoms. The number of furan rings is 1. The summed E-state index contributed by atoms with van der Waals surface area (Å²) in [7, 11) is 3.05. The number of hydrogen-bond acceptors (Lipinski definition) is 6. The van der Waals surface area contributed by atoms with Gasteiger partial charge in [0.1, 0.15) is 23.2 Å². The highest BCUT2D eigenvalue weighted by Crippen LogP contribution is 2.39. The molecule has 0 amide bonds. The van der Waals surface area contributed by atoms with Gasteiger partial charge in [0, 0.05) is 16.1 Å². The minimum atomic E-state index is -1.04. The van der Waals surface area contributed by atoms with E-state index in [0.717, 1.165) is 0 Å². The zero-order valence-corrected chi connectivity index (χ0v) is 19.5. The molecule has 0 saturated heterocycles. The number of rotatable bonds is 6. The fourth-order valence-electron chi connectivity index (χ4n) is 4.20. The van der Waals surface area contributed by atoms with Gasteiger partial charge >= 0.3 is 5.97 Å². The molecule has 0 saturated carbocycles. The van der Waals surface area contributed by atoms with E-state index in [1.165, 1.54) is 20.5 Å². The lowest BCUT2D eigenvalue weighted by molar-refractivity contribution is -0.136. The third-order valence-electron chi connectivity index (χ3n) is 5.82. The first kappa shape index (κ1) is 22.6. The van der Waals surface area contributed by atoms with Crippen molar-refractivity contribution >= 4 is 39.5 Å². The third kappa shape index (κ3) is 3.90. The van der Waals surface area contributed by atoms with E-state index in [-0.39, 0.29) is 17.4 Å². The second kappa shape index (κ2) is 8.85. The van der Waals surface area contributed by atoms with Crippen molar-refractivity contribution in [3.63, 3.8) is 0 Å². The van der Waals surface area contributed by atoms with Crippen molar-refractivity contribution in [3.05, 3.63) is 81.7 Å². The molecule has 2 aromatic heterocycles. The van der Waals surface area contributed by atoms with Gasteiger partial charge in [-0.15, -0.1) is 0 Å². The van der Waals surface area contributed by atoms with Gasteiger partial charge in [0.2, 0.25) is 5.43 Å². The number of methoxy groups -OCH3 is 2. The molecular weight excluding hydrogens is 472 g/mol. The van der Waals surface area contributed by atoms with E-state index in [2.05, 4.69) is 0 Å². The van der Waals surface area contributed by atoms with Gasteiger partial charge in [0.15, 0.2) is 11.5 Å². The summed E-state index contributed by atoms with van der Waals surface area (Å²) in [6.45, 7) is 0. The SMILES string of the molecule is COc1ccc(-c2coc3c(ccc4oc(-c5ccc(Cl)cc5)c(CC(=O)O)c43)c2=O)cc1OC. The molecular formula is C27H19ClO7. The van der Waals surface area contributed by atoms with Gasteiger partial charge in [0.05, 0.1) is 37.0 Å². The van der Waals surface area contributed by atoms with E-state index in [4.69, 9.17) is 29.9 Å². The summed E-state index contributed by atoms with van der Waals surface area (Å²) in [6.07, 6.45) is 1.05. The first-order chi connectivity index (χ1) is 16.9. The Kier molecular flexibility index (Phi) is 5.70. The monoisotopic (exact) mass is 490 g/mol. The summed E-state index contributed by atoms with van der Waals surface area (Å²) in [5, 5.41) is 10.9. The van der Waals surface area contributed by atoms with Gasteiger partial charge in [-0.1, -0.05) is 17.7 Å². The van der Waals surface area contributed by atoms with Crippen molar-refractivity contribution in [2.75, 3.05) is 14.2 Å². The fourth-order valence-corrected chi connectivity index (χ4v) is 4.32. The maximum Gasteiger partial charge on any atom is 0.307 e. The van der Waals surface area contributed by atoms with Crippen LogP contribution in [0.15, 0.2) is 74.5 Å². The Bertz CT molecular complexity index is 1650. The highest BCUT2D eigenvalue weighted by Gasteiger charge is 2.23. The van der Waals surface area contributed by atoms with Crippen molar-refractivity contribution in [1.82, 2.24) is 0 Å². The normalized spacial score (nSPS) is 11.2. The molecule has 5 rings (SSSR count). The maximum atomic E-state index is 13.5. The van der Waals surface area contributed by atoms with E-state index in [1.54, 1.807) is 54.6 Å². The molecule has 8 heteroatoms. The second-order valence-corrected chi connectivity index (χ2v) is 8.29. The predicted molar refractivity (Wildman–Crippen MR) is 133 cm³/mol. The van der Waals surface area contributed by atoms with Crippen LogP contribution in [0.2, 0.25) is 5.02 Å². The summed E-state index contributed by atoms with van der Waals surface area (Å²) < 4.78 is 22.6. The predicted octanol–water partition coefficient (Wildman–Crippen LogP) is 6.17. The van der Waals surface area contributed by atoms with Gasteiger partial charge in [-0.2, -0.15) is 0 Å². The van der Waals surface area contributed by atoms with Crippen LogP contribution >= 0.6 is 11.6 Å². The van der Waals surface area contributed by atoms with Crippen LogP contribution in [0.4, 0.5) is 0 Å². The Hall–Kier alpha value is -4.23. The van der Waals surface area contributed by atoms with Crippen LogP contribution in [0.3, 0.4) is 0 Å². The first-order valence-electron chi connectivity index (χ1n) is 10.6. The quantitative estimate of drug-likeness (QED) is 0.304. The van der Waals surface area contributed by atoms with E-state index >= 15 is 0 Å². The van der Waals surface area contributed by atoms with E-state index in [9.17, 15) is 14.7 Å². The Morgan fingerprint density at radius 2 is 1.69 bits per heavy atom. The highest BCUT2D eigenvalue weighted by atomic mass is 35.5. The van der Waals surface area contributed by atoms with Gasteiger partial charge in [-0.25, -0.2) is 0 Å². The molecule has 35 heavy (non-hydrogen) atoms. The molecule has 5 aromatic rings. The number of carboxylic acids is 1. The molecule has 0 aliphatic carbocycles. The molecule has 176 valence electrons. The smallest absolute Gasteiger partial charge is 0.307 e. The molecule has 0 aliphatic rings. The third-order valence-corrected chi connectivity index (χ3v) is 6.07. The van der Waals surface area contributed by atoms with Crippen LogP contribution < -0.4 is 14.9 Å². The summed E-state index contributed by atoms with van der Waals surface area (Å²) >= 11 is 6.01. The number of aliphatic carboxylic acids is 1. The number of ether oxygens (including phenoxy) is 2. The van der Waals surface area contributed by atoms with Gasteiger partial charge in [0.25, 0.3) is 0 Å². The Balaban J connectivity index is 1.75. The Labute approximate surface area is 204 Å². The molecule has 0 fully saturated rings. The van der Waals surface area contributed by atoms with Crippen LogP contribution in [-0.4, -0.2) is 25.3 Å². The van der Waals surface area contributed by atoms with Crippen molar-refractivity contribution in [2.45, 2.75) is 6.42 Å². The molecule has 0 unspecified atom stereocenters. The van der Waals surface area contributed by atoms with Crippen molar-refractivity contribution < 1.29 is 28.2 Å². The fraction of sp³-hybridized carbons (Fsp3) is 0.111. The van der Waals surface area contributed by atoms with Gasteiger partial charge in [-0.3, -0.25) is 9.59 Å². The van der Waals surface area contributed by atoms with Crippen LogP contribution in [0.25, 0.3) is 44.4 Å². The standard InChI is InChI=1S/C27H19ClO7/c1-32-20-9-5-15(11-22(20)33-2)19-13-34-27-17(25(19)31)8-10-21-24(27)18(12-23(29)30)26(35-21)14-3-6-16(28)7-4-14/h3-11,13H,12H2,1-2H3,(H,29,30). The van der Waals surface area contributed by atoms with E-state index in [1.807, 2.05) is 0 Å². The lowest BCUT2D eigenvalue weighted by Gasteiger charge is -2.10. The van der Waals surface area contributed by atoms with Crippen molar-refractivity contribution in [1.29, 1.82) is 0 Å². The number of hydrogen-bond donors (Lipinski definition) is 1. The minimum Gasteiger partial charge on any atom is -0.493 e. The van der Waals surface area contributed by atoms with Crippen molar-refractivity contribution in [2.24, 2.45) is 0 Å². The number of carboxylic acid groups (broad SMARTS) is 1. The van der Waals surface area contributed by atoms with Crippen LogP contribution in [0.5, 0.6) is 11.5 Å². The Morgan fingerprint density at radius 1 is 0.971 bits per heavy atom. The molecule has 1 N–H and O–H groups in total. The van der Waals surface area contributed by atoms with E-state index in [0.29, 0.717) is 60.9 Å². The lowest BCUT2D eigenvalue weighted by atomic mass is 10.00. The highest BCUT2D eigenvalue weighted by molar-refractivity contribution is 6.30. The van der Waals surface area contributed by atoms with Crippen LogP contribution in [0, 0.1) is 0 Å². The topological polar surface area (TPSA) is 99.1 Å². The lowest BCUT2D eigenvalue weighted by Crippen LogP contribution is -2.06.